The molecule has 160 valence electrons. The maximum Gasteiger partial charge on any atom is 0.240 e. The lowest BCUT2D eigenvalue weighted by molar-refractivity contribution is -0.116. The zero-order chi connectivity index (χ0) is 22.1. The number of benzene rings is 3. The van der Waals surface area contributed by atoms with Gasteiger partial charge in [0, 0.05) is 11.3 Å². The van der Waals surface area contributed by atoms with E-state index < -0.39 is 5.25 Å². The molecule has 32 heavy (non-hydrogen) atoms. The first-order chi connectivity index (χ1) is 15.6. The third-order valence-electron chi connectivity index (χ3n) is 5.53. The van der Waals surface area contributed by atoms with Crippen LogP contribution in [0.5, 0.6) is 0 Å². The van der Waals surface area contributed by atoms with Crippen molar-refractivity contribution >= 4 is 23.4 Å². The minimum Gasteiger partial charge on any atom is -0.325 e. The number of aromatic nitrogens is 3. The SMILES string of the molecule is Cc1ccc(NC(=O)C2Sc3nnc(-c4ccccc4)n3NC2c2ccccc2)c(C)c1. The molecule has 6 nitrogen and oxygen atoms in total. The summed E-state index contributed by atoms with van der Waals surface area (Å²) in [7, 11) is 0. The average molecular weight is 442 g/mol. The first-order valence-corrected chi connectivity index (χ1v) is 11.4. The number of hydrogen-bond donors (Lipinski definition) is 2. The van der Waals surface area contributed by atoms with Crippen LogP contribution in [0.25, 0.3) is 11.4 Å². The van der Waals surface area contributed by atoms with E-state index in [0.29, 0.717) is 5.16 Å². The zero-order valence-corrected chi connectivity index (χ0v) is 18.6. The summed E-state index contributed by atoms with van der Waals surface area (Å²) in [6.45, 7) is 4.05. The van der Waals surface area contributed by atoms with Crippen LogP contribution in [0.3, 0.4) is 0 Å². The Bertz CT molecular complexity index is 1260. The second kappa shape index (κ2) is 8.51. The number of aryl methyl sites for hydroxylation is 2. The van der Waals surface area contributed by atoms with Gasteiger partial charge in [-0.1, -0.05) is 90.1 Å². The molecule has 0 bridgehead atoms. The minimum absolute atomic E-state index is 0.0705. The van der Waals surface area contributed by atoms with Gasteiger partial charge in [0.05, 0.1) is 6.04 Å². The van der Waals surface area contributed by atoms with Crippen LogP contribution in [-0.4, -0.2) is 26.0 Å². The van der Waals surface area contributed by atoms with Crippen LogP contribution in [0.2, 0.25) is 0 Å². The highest BCUT2D eigenvalue weighted by Crippen LogP contribution is 2.39. The fourth-order valence-electron chi connectivity index (χ4n) is 3.90. The molecule has 0 saturated carbocycles. The molecule has 2 atom stereocenters. The van der Waals surface area contributed by atoms with Crippen LogP contribution in [0, 0.1) is 13.8 Å². The average Bonchev–Trinajstić information content (AvgIpc) is 3.24. The Balaban J connectivity index is 1.50. The van der Waals surface area contributed by atoms with Gasteiger partial charge in [0.25, 0.3) is 0 Å². The van der Waals surface area contributed by atoms with E-state index in [2.05, 4.69) is 27.0 Å². The number of anilines is 1. The monoisotopic (exact) mass is 441 g/mol. The van der Waals surface area contributed by atoms with Gasteiger partial charge in [0.15, 0.2) is 5.82 Å². The number of nitrogens with zero attached hydrogens (tertiary/aromatic N) is 3. The normalized spacial score (nSPS) is 17.3. The van der Waals surface area contributed by atoms with Gasteiger partial charge in [-0.05, 0) is 31.0 Å². The van der Waals surface area contributed by atoms with Gasteiger partial charge in [0.2, 0.25) is 11.1 Å². The number of carbonyl (C=O) groups excluding carboxylic acids is 1. The van der Waals surface area contributed by atoms with Gasteiger partial charge in [0.1, 0.15) is 5.25 Å². The first-order valence-electron chi connectivity index (χ1n) is 10.5. The predicted molar refractivity (Wildman–Crippen MR) is 128 cm³/mol. The Hall–Kier alpha value is -3.58. The first kappa shape index (κ1) is 20.3. The van der Waals surface area contributed by atoms with Crippen molar-refractivity contribution in [1.82, 2.24) is 14.9 Å². The Labute approximate surface area is 191 Å². The van der Waals surface area contributed by atoms with E-state index in [1.807, 2.05) is 91.3 Å². The Morgan fingerprint density at radius 1 is 0.969 bits per heavy atom. The van der Waals surface area contributed by atoms with Crippen molar-refractivity contribution in [2.45, 2.75) is 30.3 Å². The largest absolute Gasteiger partial charge is 0.325 e. The van der Waals surface area contributed by atoms with E-state index in [1.165, 1.54) is 11.8 Å². The standard InChI is InChI=1S/C25H23N5OS/c1-16-13-14-20(17(2)15-16)26-24(31)22-21(18-9-5-3-6-10-18)29-30-23(27-28-25(30)32-22)19-11-7-4-8-12-19/h3-15,21-22,29H,1-2H3,(H,26,31). The summed E-state index contributed by atoms with van der Waals surface area (Å²) in [4.78, 5) is 13.4. The fourth-order valence-corrected chi connectivity index (χ4v) is 4.98. The van der Waals surface area contributed by atoms with E-state index in [4.69, 9.17) is 0 Å². The zero-order valence-electron chi connectivity index (χ0n) is 17.8. The molecule has 4 aromatic rings. The minimum atomic E-state index is -0.418. The van der Waals surface area contributed by atoms with Crippen LogP contribution in [0.1, 0.15) is 22.7 Å². The van der Waals surface area contributed by atoms with Crippen LogP contribution >= 0.6 is 11.8 Å². The van der Waals surface area contributed by atoms with Crippen molar-refractivity contribution in [3.05, 3.63) is 95.6 Å². The van der Waals surface area contributed by atoms with E-state index >= 15 is 0 Å². The molecule has 1 aliphatic heterocycles. The molecular weight excluding hydrogens is 418 g/mol. The molecule has 3 aromatic carbocycles. The number of amides is 1. The molecule has 0 aliphatic carbocycles. The Kier molecular flexibility index (Phi) is 5.41. The van der Waals surface area contributed by atoms with Crippen molar-refractivity contribution in [2.24, 2.45) is 0 Å². The maximum absolute atomic E-state index is 13.4. The van der Waals surface area contributed by atoms with Gasteiger partial charge >= 0.3 is 0 Å². The lowest BCUT2D eigenvalue weighted by Crippen LogP contribution is -2.41. The van der Waals surface area contributed by atoms with Crippen LogP contribution in [0.4, 0.5) is 5.69 Å². The number of nitrogens with one attached hydrogen (secondary N) is 2. The molecule has 7 heteroatoms. The number of rotatable bonds is 4. The summed E-state index contributed by atoms with van der Waals surface area (Å²) in [6, 6.07) is 25.7. The van der Waals surface area contributed by atoms with Crippen molar-refractivity contribution in [3.63, 3.8) is 0 Å². The molecule has 1 aromatic heterocycles. The van der Waals surface area contributed by atoms with Crippen LogP contribution in [0.15, 0.2) is 84.0 Å². The summed E-state index contributed by atoms with van der Waals surface area (Å²) >= 11 is 1.43. The van der Waals surface area contributed by atoms with Crippen LogP contribution in [-0.2, 0) is 4.79 Å². The number of fused-ring (bicyclic) bond motifs is 1. The van der Waals surface area contributed by atoms with E-state index in [0.717, 1.165) is 33.8 Å². The molecule has 2 unspecified atom stereocenters. The molecule has 1 aliphatic rings. The van der Waals surface area contributed by atoms with Crippen molar-refractivity contribution < 1.29 is 4.79 Å². The summed E-state index contributed by atoms with van der Waals surface area (Å²) in [6.07, 6.45) is 0. The van der Waals surface area contributed by atoms with Gasteiger partial charge in [-0.3, -0.25) is 4.79 Å². The Morgan fingerprint density at radius 2 is 1.69 bits per heavy atom. The lowest BCUT2D eigenvalue weighted by Gasteiger charge is -2.33. The summed E-state index contributed by atoms with van der Waals surface area (Å²) < 4.78 is 1.89. The molecule has 0 radical (unpaired) electrons. The molecule has 1 amide bonds. The molecular formula is C25H23N5OS. The van der Waals surface area contributed by atoms with Crippen molar-refractivity contribution in [1.29, 1.82) is 0 Å². The molecule has 2 heterocycles. The number of hydrogen-bond acceptors (Lipinski definition) is 5. The van der Waals surface area contributed by atoms with Gasteiger partial charge in [-0.25, -0.2) is 4.68 Å². The topological polar surface area (TPSA) is 71.8 Å². The quantitative estimate of drug-likeness (QED) is 0.468. The van der Waals surface area contributed by atoms with Crippen molar-refractivity contribution in [3.8, 4) is 11.4 Å². The second-order valence-electron chi connectivity index (χ2n) is 7.87. The highest BCUT2D eigenvalue weighted by atomic mass is 32.2. The maximum atomic E-state index is 13.4. The lowest BCUT2D eigenvalue weighted by atomic mass is 10.0. The summed E-state index contributed by atoms with van der Waals surface area (Å²) in [5.41, 5.74) is 8.53. The highest BCUT2D eigenvalue weighted by molar-refractivity contribution is 8.00. The molecule has 5 rings (SSSR count). The number of carbonyl (C=O) groups is 1. The third kappa shape index (κ3) is 3.87. The molecule has 0 spiro atoms. The summed E-state index contributed by atoms with van der Waals surface area (Å²) in [5.74, 6) is 0.654. The predicted octanol–water partition coefficient (Wildman–Crippen LogP) is 4.96. The third-order valence-corrected chi connectivity index (χ3v) is 6.74. The molecule has 0 fully saturated rings. The smallest absolute Gasteiger partial charge is 0.240 e. The number of thioether (sulfide) groups is 1. The van der Waals surface area contributed by atoms with Gasteiger partial charge in [-0.15, -0.1) is 10.2 Å². The van der Waals surface area contributed by atoms with E-state index in [-0.39, 0.29) is 11.9 Å². The Morgan fingerprint density at radius 3 is 2.41 bits per heavy atom. The van der Waals surface area contributed by atoms with Gasteiger partial charge < -0.3 is 10.7 Å². The van der Waals surface area contributed by atoms with Gasteiger partial charge in [-0.2, -0.15) is 0 Å². The fraction of sp³-hybridized carbons (Fsp3) is 0.160. The van der Waals surface area contributed by atoms with E-state index in [9.17, 15) is 4.79 Å². The molecule has 0 saturated heterocycles. The van der Waals surface area contributed by atoms with Crippen molar-refractivity contribution in [2.75, 3.05) is 10.7 Å². The second-order valence-corrected chi connectivity index (χ2v) is 8.98. The van der Waals surface area contributed by atoms with Crippen LogP contribution < -0.4 is 10.7 Å². The molecule has 2 N–H and O–H groups in total. The highest BCUT2D eigenvalue weighted by Gasteiger charge is 2.38. The summed E-state index contributed by atoms with van der Waals surface area (Å²) in [5, 5.41) is 12.1. The van der Waals surface area contributed by atoms with E-state index in [1.54, 1.807) is 0 Å².